The maximum atomic E-state index is 14.0. The minimum Gasteiger partial charge on any atom is -0.507 e. The second-order valence-electron chi connectivity index (χ2n) is 6.47. The molecule has 0 aliphatic carbocycles. The molecule has 6 heteroatoms. The molecule has 0 saturated heterocycles. The first-order valence-corrected chi connectivity index (χ1v) is 8.04. The third-order valence-corrected chi connectivity index (χ3v) is 3.99. The Balaban J connectivity index is 2.14. The van der Waals surface area contributed by atoms with E-state index in [0.29, 0.717) is 11.3 Å². The normalized spacial score (nSPS) is 10.9. The van der Waals surface area contributed by atoms with Crippen molar-refractivity contribution in [1.29, 1.82) is 0 Å². The van der Waals surface area contributed by atoms with Crippen molar-refractivity contribution in [3.05, 3.63) is 72.1 Å². The lowest BCUT2D eigenvalue weighted by molar-refractivity contribution is -0.111. The number of carbonyl (C=O) groups is 2. The molecule has 3 N–H and O–H groups in total. The van der Waals surface area contributed by atoms with Gasteiger partial charge in [0.2, 0.25) is 5.91 Å². The summed E-state index contributed by atoms with van der Waals surface area (Å²) in [6.45, 7) is 7.14. The van der Waals surface area contributed by atoms with Gasteiger partial charge in [0.05, 0.1) is 5.56 Å². The summed E-state index contributed by atoms with van der Waals surface area (Å²) in [5.74, 6) is -1.52. The fraction of sp³-hybridized carbons (Fsp3) is 0.200. The van der Waals surface area contributed by atoms with E-state index in [9.17, 15) is 19.1 Å². The predicted octanol–water partition coefficient (Wildman–Crippen LogP) is 3.36. The largest absolute Gasteiger partial charge is 0.507 e. The van der Waals surface area contributed by atoms with Gasteiger partial charge in [-0.25, -0.2) is 4.39 Å². The third-order valence-electron chi connectivity index (χ3n) is 3.99. The van der Waals surface area contributed by atoms with E-state index in [1.807, 2.05) is 13.8 Å². The topological polar surface area (TPSA) is 78.4 Å². The minimum atomic E-state index is -0.648. The molecule has 0 aromatic heterocycles. The van der Waals surface area contributed by atoms with Crippen molar-refractivity contribution >= 4 is 17.5 Å². The maximum Gasteiger partial charge on any atom is 0.255 e. The summed E-state index contributed by atoms with van der Waals surface area (Å²) >= 11 is 0. The maximum absolute atomic E-state index is 14.0. The van der Waals surface area contributed by atoms with Crippen molar-refractivity contribution in [3.63, 3.8) is 0 Å². The summed E-state index contributed by atoms with van der Waals surface area (Å²) in [5, 5.41) is 15.2. The van der Waals surface area contributed by atoms with Crippen LogP contribution in [0.1, 0.15) is 29.8 Å². The Kier molecular flexibility index (Phi) is 5.77. The average Bonchev–Trinajstić information content (AvgIpc) is 2.61. The van der Waals surface area contributed by atoms with E-state index in [1.165, 1.54) is 24.3 Å². The summed E-state index contributed by atoms with van der Waals surface area (Å²) in [6, 6.07) is 10.5. The molecule has 2 aromatic carbocycles. The lowest BCUT2D eigenvalue weighted by Gasteiger charge is -2.26. The van der Waals surface area contributed by atoms with Crippen LogP contribution in [0.25, 0.3) is 0 Å². The molecule has 0 aliphatic heterocycles. The zero-order valence-corrected chi connectivity index (χ0v) is 14.7. The number of hydrogen-bond acceptors (Lipinski definition) is 3. The van der Waals surface area contributed by atoms with E-state index in [0.717, 1.165) is 6.08 Å². The molecule has 0 radical (unpaired) electrons. The number of nitrogens with one attached hydrogen (secondary N) is 2. The number of phenolic OH excluding ortho intramolecular Hbond substituents is 1. The van der Waals surface area contributed by atoms with E-state index in [-0.39, 0.29) is 23.7 Å². The van der Waals surface area contributed by atoms with Gasteiger partial charge >= 0.3 is 0 Å². The molecule has 2 rings (SSSR count). The van der Waals surface area contributed by atoms with Gasteiger partial charge in [0.1, 0.15) is 11.6 Å². The second kappa shape index (κ2) is 7.82. The number of hydrogen-bond donors (Lipinski definition) is 3. The number of aromatic hydroxyl groups is 1. The molecule has 0 aliphatic rings. The van der Waals surface area contributed by atoms with Crippen LogP contribution in [-0.4, -0.2) is 23.5 Å². The monoisotopic (exact) mass is 356 g/mol. The third kappa shape index (κ3) is 4.47. The molecule has 0 unspecified atom stereocenters. The van der Waals surface area contributed by atoms with E-state index >= 15 is 0 Å². The molecule has 136 valence electrons. The van der Waals surface area contributed by atoms with Crippen molar-refractivity contribution in [3.8, 4) is 5.75 Å². The van der Waals surface area contributed by atoms with Gasteiger partial charge in [-0.1, -0.05) is 38.6 Å². The Morgan fingerprint density at radius 3 is 2.58 bits per heavy atom. The van der Waals surface area contributed by atoms with Crippen LogP contribution in [0, 0.1) is 5.82 Å². The Hall–Kier alpha value is -3.15. The smallest absolute Gasteiger partial charge is 0.255 e. The number of carbonyl (C=O) groups excluding carboxylic acids is 2. The predicted molar refractivity (Wildman–Crippen MR) is 98.7 cm³/mol. The molecular formula is C20H21FN2O3. The van der Waals surface area contributed by atoms with Crippen molar-refractivity contribution in [1.82, 2.24) is 5.32 Å². The number of anilines is 1. The van der Waals surface area contributed by atoms with Crippen LogP contribution in [0.2, 0.25) is 0 Å². The minimum absolute atomic E-state index is 0.0104. The van der Waals surface area contributed by atoms with Gasteiger partial charge in [0, 0.05) is 17.6 Å². The summed E-state index contributed by atoms with van der Waals surface area (Å²) in [6.07, 6.45) is 1.10. The fourth-order valence-corrected chi connectivity index (χ4v) is 2.49. The van der Waals surface area contributed by atoms with Gasteiger partial charge in [-0.3, -0.25) is 9.59 Å². The van der Waals surface area contributed by atoms with Gasteiger partial charge in [-0.15, -0.1) is 0 Å². The quantitative estimate of drug-likeness (QED) is 0.548. The van der Waals surface area contributed by atoms with Crippen LogP contribution < -0.4 is 10.6 Å². The number of amides is 2. The number of rotatable bonds is 6. The van der Waals surface area contributed by atoms with Crippen LogP contribution >= 0.6 is 0 Å². The molecule has 0 fully saturated rings. The van der Waals surface area contributed by atoms with Gasteiger partial charge in [0.15, 0.2) is 0 Å². The Labute approximate surface area is 151 Å². The first-order chi connectivity index (χ1) is 12.2. The molecule has 0 bridgehead atoms. The van der Waals surface area contributed by atoms with E-state index < -0.39 is 17.2 Å². The Bertz CT molecular complexity index is 847. The highest BCUT2D eigenvalue weighted by Crippen LogP contribution is 2.26. The molecule has 0 heterocycles. The van der Waals surface area contributed by atoms with Crippen molar-refractivity contribution in [2.45, 2.75) is 19.3 Å². The van der Waals surface area contributed by atoms with Crippen LogP contribution in [0.5, 0.6) is 5.75 Å². The average molecular weight is 356 g/mol. The number of phenols is 1. The highest BCUT2D eigenvalue weighted by molar-refractivity contribution is 6.01. The van der Waals surface area contributed by atoms with E-state index in [1.54, 1.807) is 18.2 Å². The van der Waals surface area contributed by atoms with Crippen molar-refractivity contribution < 1.29 is 19.1 Å². The highest BCUT2D eigenvalue weighted by Gasteiger charge is 2.25. The fourth-order valence-electron chi connectivity index (χ4n) is 2.49. The van der Waals surface area contributed by atoms with Crippen molar-refractivity contribution in [2.75, 3.05) is 11.9 Å². The lowest BCUT2D eigenvalue weighted by Crippen LogP contribution is -2.37. The Morgan fingerprint density at radius 1 is 1.23 bits per heavy atom. The van der Waals surface area contributed by atoms with Gasteiger partial charge in [-0.05, 0) is 35.9 Å². The van der Waals surface area contributed by atoms with E-state index in [2.05, 4.69) is 17.2 Å². The zero-order valence-electron chi connectivity index (χ0n) is 14.7. The van der Waals surface area contributed by atoms with Crippen LogP contribution in [0.15, 0.2) is 55.1 Å². The highest BCUT2D eigenvalue weighted by atomic mass is 19.1. The second-order valence-corrected chi connectivity index (χ2v) is 6.47. The molecule has 2 amide bonds. The van der Waals surface area contributed by atoms with Crippen LogP contribution in [-0.2, 0) is 10.2 Å². The van der Waals surface area contributed by atoms with Gasteiger partial charge in [0.25, 0.3) is 5.91 Å². The summed E-state index contributed by atoms with van der Waals surface area (Å²) < 4.78 is 14.0. The standard InChI is InChI=1S/C20H21FN2O3/c1-4-18(25)23-13-9-10-17(24)14(11-13)19(26)22-12-20(2,3)15-7-5-6-8-16(15)21/h4-11,24H,1,12H2,2-3H3,(H,22,26)(H,23,25). The number of halogens is 1. The number of benzene rings is 2. The van der Waals surface area contributed by atoms with Gasteiger partial charge in [-0.2, -0.15) is 0 Å². The zero-order chi connectivity index (χ0) is 19.3. The Morgan fingerprint density at radius 2 is 1.92 bits per heavy atom. The molecule has 26 heavy (non-hydrogen) atoms. The van der Waals surface area contributed by atoms with Gasteiger partial charge < -0.3 is 15.7 Å². The molecular weight excluding hydrogens is 335 g/mol. The summed E-state index contributed by atoms with van der Waals surface area (Å²) in [7, 11) is 0. The summed E-state index contributed by atoms with van der Waals surface area (Å²) in [4.78, 5) is 23.8. The SMILES string of the molecule is C=CC(=O)Nc1ccc(O)c(C(=O)NCC(C)(C)c2ccccc2F)c1. The summed E-state index contributed by atoms with van der Waals surface area (Å²) in [5.41, 5.74) is 0.199. The molecule has 0 atom stereocenters. The first-order valence-electron chi connectivity index (χ1n) is 8.04. The molecule has 0 spiro atoms. The van der Waals surface area contributed by atoms with Crippen molar-refractivity contribution in [2.24, 2.45) is 0 Å². The van der Waals surface area contributed by atoms with Crippen LogP contribution in [0.3, 0.4) is 0 Å². The van der Waals surface area contributed by atoms with E-state index in [4.69, 9.17) is 0 Å². The van der Waals surface area contributed by atoms with Crippen LogP contribution in [0.4, 0.5) is 10.1 Å². The first kappa shape index (κ1) is 19.2. The molecule has 2 aromatic rings. The molecule has 0 saturated carbocycles. The molecule has 5 nitrogen and oxygen atoms in total. The lowest BCUT2D eigenvalue weighted by atomic mass is 9.84.